The van der Waals surface area contributed by atoms with Crippen LogP contribution in [-0.2, 0) is 13.1 Å². The number of methoxy groups -OCH3 is 1. The van der Waals surface area contributed by atoms with E-state index >= 15 is 0 Å². The van der Waals surface area contributed by atoms with E-state index in [1.807, 2.05) is 55.6 Å². The van der Waals surface area contributed by atoms with E-state index < -0.39 is 0 Å². The van der Waals surface area contributed by atoms with Crippen molar-refractivity contribution in [3.05, 3.63) is 88.4 Å². The Hall–Kier alpha value is -3.64. The maximum absolute atomic E-state index is 13.1. The van der Waals surface area contributed by atoms with Crippen molar-refractivity contribution in [2.75, 3.05) is 13.8 Å². The Labute approximate surface area is 180 Å². The van der Waals surface area contributed by atoms with Gasteiger partial charge in [0.1, 0.15) is 24.0 Å². The zero-order valence-electron chi connectivity index (χ0n) is 17.4. The summed E-state index contributed by atoms with van der Waals surface area (Å²) in [5.74, 6) is 2.36. The second kappa shape index (κ2) is 7.89. The Morgan fingerprint density at radius 3 is 2.77 bits per heavy atom. The van der Waals surface area contributed by atoms with Crippen molar-refractivity contribution in [2.24, 2.45) is 0 Å². The molecule has 6 heteroatoms. The van der Waals surface area contributed by atoms with Gasteiger partial charge in [-0.25, -0.2) is 0 Å². The van der Waals surface area contributed by atoms with Gasteiger partial charge in [-0.15, -0.1) is 0 Å². The summed E-state index contributed by atoms with van der Waals surface area (Å²) in [5.41, 5.74) is 4.44. The minimum atomic E-state index is -0.110. The summed E-state index contributed by atoms with van der Waals surface area (Å²) in [6, 6.07) is 13.4. The predicted molar refractivity (Wildman–Crippen MR) is 116 cm³/mol. The number of rotatable bonds is 4. The van der Waals surface area contributed by atoms with E-state index in [9.17, 15) is 4.79 Å². The number of ketones is 1. The molecule has 0 radical (unpaired) electrons. The fourth-order valence-electron chi connectivity index (χ4n) is 4.00. The van der Waals surface area contributed by atoms with Crippen molar-refractivity contribution in [1.82, 2.24) is 9.88 Å². The van der Waals surface area contributed by atoms with E-state index in [1.54, 1.807) is 19.4 Å². The highest BCUT2D eigenvalue weighted by atomic mass is 16.5. The van der Waals surface area contributed by atoms with Crippen molar-refractivity contribution in [2.45, 2.75) is 20.0 Å². The first-order chi connectivity index (χ1) is 15.1. The number of pyridine rings is 1. The second-order valence-corrected chi connectivity index (χ2v) is 7.70. The number of nitrogens with zero attached hydrogens (tertiary/aromatic N) is 2. The molecule has 0 amide bonds. The highest BCUT2D eigenvalue weighted by Crippen LogP contribution is 2.43. The first-order valence-electron chi connectivity index (χ1n) is 10.1. The lowest BCUT2D eigenvalue weighted by Crippen LogP contribution is -2.32. The van der Waals surface area contributed by atoms with Gasteiger partial charge in [-0.2, -0.15) is 0 Å². The standard InChI is InChI=1S/C25H22N2O4/c1-16-24-19(14-27(15-30-24)13-18-4-3-9-26-12-18)11-21-23(28)22(31-25(16)21)10-17-5-7-20(29-2)8-6-17/h3-12H,13-15H2,1-2H3/b22-10+. The first-order valence-corrected chi connectivity index (χ1v) is 10.1. The summed E-state index contributed by atoms with van der Waals surface area (Å²) in [6.45, 7) is 3.85. The van der Waals surface area contributed by atoms with Gasteiger partial charge in [0.25, 0.3) is 0 Å². The van der Waals surface area contributed by atoms with Crippen LogP contribution in [0.15, 0.2) is 60.6 Å². The van der Waals surface area contributed by atoms with Crippen LogP contribution in [0.2, 0.25) is 0 Å². The lowest BCUT2D eigenvalue weighted by atomic mass is 10.00. The highest BCUT2D eigenvalue weighted by Gasteiger charge is 2.33. The molecule has 0 saturated heterocycles. The molecule has 3 aromatic rings. The van der Waals surface area contributed by atoms with Crippen molar-refractivity contribution < 1.29 is 19.0 Å². The molecule has 5 rings (SSSR count). The maximum atomic E-state index is 13.1. The van der Waals surface area contributed by atoms with Gasteiger partial charge in [0.15, 0.2) is 5.76 Å². The van der Waals surface area contributed by atoms with Crippen LogP contribution < -0.4 is 14.2 Å². The number of hydrogen-bond donors (Lipinski definition) is 0. The van der Waals surface area contributed by atoms with Crippen LogP contribution in [0.3, 0.4) is 0 Å². The summed E-state index contributed by atoms with van der Waals surface area (Å²) < 4.78 is 17.2. The minimum absolute atomic E-state index is 0.110. The zero-order valence-corrected chi connectivity index (χ0v) is 17.4. The van der Waals surface area contributed by atoms with Crippen LogP contribution in [0.1, 0.15) is 32.6 Å². The number of hydrogen-bond acceptors (Lipinski definition) is 6. The molecule has 31 heavy (non-hydrogen) atoms. The van der Waals surface area contributed by atoms with Gasteiger partial charge >= 0.3 is 0 Å². The monoisotopic (exact) mass is 414 g/mol. The molecular weight excluding hydrogens is 392 g/mol. The lowest BCUT2D eigenvalue weighted by molar-refractivity contribution is 0.0876. The van der Waals surface area contributed by atoms with Crippen molar-refractivity contribution >= 4 is 11.9 Å². The van der Waals surface area contributed by atoms with E-state index in [-0.39, 0.29) is 5.78 Å². The van der Waals surface area contributed by atoms with E-state index in [4.69, 9.17) is 14.2 Å². The Balaban J connectivity index is 1.41. The molecule has 0 bridgehead atoms. The Bertz CT molecular complexity index is 1170. The summed E-state index contributed by atoms with van der Waals surface area (Å²) >= 11 is 0. The van der Waals surface area contributed by atoms with Gasteiger partial charge in [-0.1, -0.05) is 18.2 Å². The Morgan fingerprint density at radius 2 is 2.03 bits per heavy atom. The van der Waals surface area contributed by atoms with Crippen LogP contribution in [0.4, 0.5) is 0 Å². The molecular formula is C25H22N2O4. The van der Waals surface area contributed by atoms with Crippen LogP contribution in [0.5, 0.6) is 17.2 Å². The van der Waals surface area contributed by atoms with Gasteiger partial charge in [0.05, 0.1) is 12.7 Å². The van der Waals surface area contributed by atoms with Crippen LogP contribution in [-0.4, -0.2) is 29.5 Å². The number of aromatic nitrogens is 1. The molecule has 0 N–H and O–H groups in total. The average molecular weight is 414 g/mol. The number of allylic oxidation sites excluding steroid dienone is 1. The third kappa shape index (κ3) is 3.66. The normalized spacial score (nSPS) is 16.5. The van der Waals surface area contributed by atoms with Gasteiger partial charge in [-0.3, -0.25) is 14.7 Å². The largest absolute Gasteiger partial charge is 0.497 e. The zero-order chi connectivity index (χ0) is 21.4. The van der Waals surface area contributed by atoms with Gasteiger partial charge < -0.3 is 14.2 Å². The summed E-state index contributed by atoms with van der Waals surface area (Å²) in [5, 5.41) is 0. The SMILES string of the molecule is COc1ccc(/C=C2/Oc3c(cc4c(c3C)OCN(Cc3cccnc3)C4)C2=O)cc1. The van der Waals surface area contributed by atoms with Crippen LogP contribution >= 0.6 is 0 Å². The molecule has 0 saturated carbocycles. The number of Topliss-reactive ketones (excluding diaryl/α,β-unsaturated/α-hetero) is 1. The van der Waals surface area contributed by atoms with Gasteiger partial charge in [0.2, 0.25) is 5.78 Å². The van der Waals surface area contributed by atoms with Crippen molar-refractivity contribution in [1.29, 1.82) is 0 Å². The topological polar surface area (TPSA) is 60.9 Å². The smallest absolute Gasteiger partial charge is 0.231 e. The average Bonchev–Trinajstić information content (AvgIpc) is 3.11. The van der Waals surface area contributed by atoms with E-state index in [1.165, 1.54) is 0 Å². The van der Waals surface area contributed by atoms with E-state index in [0.717, 1.165) is 40.3 Å². The molecule has 0 fully saturated rings. The highest BCUT2D eigenvalue weighted by molar-refractivity contribution is 6.15. The number of carbonyl (C=O) groups is 1. The molecule has 2 aliphatic rings. The summed E-state index contributed by atoms with van der Waals surface area (Å²) in [7, 11) is 1.62. The molecule has 2 aliphatic heterocycles. The minimum Gasteiger partial charge on any atom is -0.497 e. The molecule has 3 heterocycles. The van der Waals surface area contributed by atoms with Gasteiger partial charge in [0, 0.05) is 36.6 Å². The quantitative estimate of drug-likeness (QED) is 0.591. The van der Waals surface area contributed by atoms with Crippen molar-refractivity contribution in [3.63, 3.8) is 0 Å². The maximum Gasteiger partial charge on any atom is 0.231 e. The fourth-order valence-corrected chi connectivity index (χ4v) is 4.00. The van der Waals surface area contributed by atoms with Crippen LogP contribution in [0, 0.1) is 6.92 Å². The molecule has 0 unspecified atom stereocenters. The van der Waals surface area contributed by atoms with E-state index in [0.29, 0.717) is 30.3 Å². The van der Waals surface area contributed by atoms with Gasteiger partial charge in [-0.05, 0) is 48.4 Å². The van der Waals surface area contributed by atoms with E-state index in [2.05, 4.69) is 9.88 Å². The fraction of sp³-hybridized carbons (Fsp3) is 0.200. The Kier molecular flexibility index (Phi) is 4.92. The third-order valence-corrected chi connectivity index (χ3v) is 5.54. The molecule has 1 aromatic heterocycles. The summed E-state index contributed by atoms with van der Waals surface area (Å²) in [4.78, 5) is 19.4. The summed E-state index contributed by atoms with van der Waals surface area (Å²) in [6.07, 6.45) is 5.38. The molecule has 0 atom stereocenters. The predicted octanol–water partition coefficient (Wildman–Crippen LogP) is 4.37. The second-order valence-electron chi connectivity index (χ2n) is 7.70. The number of carbonyl (C=O) groups excluding carboxylic acids is 1. The number of ether oxygens (including phenoxy) is 3. The third-order valence-electron chi connectivity index (χ3n) is 5.54. The number of benzene rings is 2. The number of fused-ring (bicyclic) bond motifs is 2. The lowest BCUT2D eigenvalue weighted by Gasteiger charge is -2.30. The van der Waals surface area contributed by atoms with Crippen molar-refractivity contribution in [3.8, 4) is 17.2 Å². The molecule has 156 valence electrons. The molecule has 0 spiro atoms. The molecule has 0 aliphatic carbocycles. The Morgan fingerprint density at radius 1 is 1.19 bits per heavy atom. The molecule has 6 nitrogen and oxygen atoms in total. The van der Waals surface area contributed by atoms with Crippen LogP contribution in [0.25, 0.3) is 6.08 Å². The first kappa shape index (κ1) is 19.3. The molecule has 2 aromatic carbocycles.